The van der Waals surface area contributed by atoms with Crippen molar-refractivity contribution in [3.05, 3.63) is 0 Å². The highest BCUT2D eigenvalue weighted by atomic mass is 79.9. The van der Waals surface area contributed by atoms with E-state index in [1.54, 1.807) is 0 Å². The zero-order valence-electron chi connectivity index (χ0n) is 5.43. The molecule has 9 heavy (non-hydrogen) atoms. The van der Waals surface area contributed by atoms with Crippen LogP contribution >= 0.6 is 15.9 Å². The number of alkyl halides is 1. The van der Waals surface area contributed by atoms with Crippen LogP contribution in [0.4, 0.5) is 0 Å². The molecule has 1 aliphatic heterocycles. The van der Waals surface area contributed by atoms with Gasteiger partial charge in [0.25, 0.3) is 0 Å². The van der Waals surface area contributed by atoms with Gasteiger partial charge in [-0.15, -0.1) is 0 Å². The Morgan fingerprint density at radius 3 is 3.11 bits per heavy atom. The molecule has 0 saturated carbocycles. The molecule has 1 heterocycles. The highest BCUT2D eigenvalue weighted by Crippen LogP contribution is 2.08. The van der Waals surface area contributed by atoms with E-state index in [4.69, 9.17) is 4.74 Å². The largest absolute Gasteiger partial charge is 0.479 e. The molecule has 0 saturated heterocycles. The Balaban J connectivity index is 2.40. The van der Waals surface area contributed by atoms with Crippen molar-refractivity contribution in [2.24, 2.45) is 10.9 Å². The lowest BCUT2D eigenvalue weighted by molar-refractivity contribution is 0.329. The molecule has 1 rings (SSSR count). The van der Waals surface area contributed by atoms with Gasteiger partial charge in [-0.1, -0.05) is 22.9 Å². The van der Waals surface area contributed by atoms with Gasteiger partial charge in [0.15, 0.2) is 5.90 Å². The number of halogens is 1. The minimum absolute atomic E-state index is 0.437. The van der Waals surface area contributed by atoms with Crippen LogP contribution < -0.4 is 0 Å². The van der Waals surface area contributed by atoms with E-state index in [1.807, 2.05) is 0 Å². The molecule has 0 bridgehead atoms. The number of ether oxygens (including phenoxy) is 1. The fraction of sp³-hybridized carbons (Fsp3) is 0.833. The third kappa shape index (κ3) is 1.68. The molecule has 0 radical (unpaired) electrons. The van der Waals surface area contributed by atoms with E-state index in [0.717, 1.165) is 24.4 Å². The standard InChI is InChI=1S/C6H10BrNO/c1-5(4-7)6-8-2-3-9-6/h5H,2-4H2,1H3. The van der Waals surface area contributed by atoms with Gasteiger partial charge in [-0.25, -0.2) is 0 Å². The van der Waals surface area contributed by atoms with Crippen molar-refractivity contribution in [2.75, 3.05) is 18.5 Å². The third-order valence-electron chi connectivity index (χ3n) is 1.26. The van der Waals surface area contributed by atoms with Crippen molar-refractivity contribution < 1.29 is 4.74 Å². The zero-order chi connectivity index (χ0) is 6.69. The van der Waals surface area contributed by atoms with Gasteiger partial charge in [-0.05, 0) is 0 Å². The molecule has 1 aliphatic rings. The predicted octanol–water partition coefficient (Wildman–Crippen LogP) is 1.45. The number of rotatable bonds is 2. The summed E-state index contributed by atoms with van der Waals surface area (Å²) in [6, 6.07) is 0. The maximum Gasteiger partial charge on any atom is 0.187 e. The van der Waals surface area contributed by atoms with Crippen molar-refractivity contribution in [1.82, 2.24) is 0 Å². The summed E-state index contributed by atoms with van der Waals surface area (Å²) in [5.41, 5.74) is 0. The molecular formula is C6H10BrNO. The second kappa shape index (κ2) is 3.20. The van der Waals surface area contributed by atoms with E-state index >= 15 is 0 Å². The SMILES string of the molecule is CC(CBr)C1=NCCO1. The Bertz CT molecular complexity index is 124. The van der Waals surface area contributed by atoms with Gasteiger partial charge in [-0.2, -0.15) is 0 Å². The average Bonchev–Trinajstić information content (AvgIpc) is 2.37. The second-order valence-corrected chi connectivity index (χ2v) is 2.77. The van der Waals surface area contributed by atoms with E-state index in [2.05, 4.69) is 27.8 Å². The van der Waals surface area contributed by atoms with Crippen LogP contribution in [0, 0.1) is 5.92 Å². The first kappa shape index (κ1) is 7.06. The van der Waals surface area contributed by atoms with Gasteiger partial charge < -0.3 is 4.74 Å². The Kier molecular flexibility index (Phi) is 2.51. The maximum atomic E-state index is 5.23. The fourth-order valence-electron chi connectivity index (χ4n) is 0.716. The maximum absolute atomic E-state index is 5.23. The topological polar surface area (TPSA) is 21.6 Å². The molecule has 2 nitrogen and oxygen atoms in total. The molecule has 0 spiro atoms. The molecular weight excluding hydrogens is 182 g/mol. The lowest BCUT2D eigenvalue weighted by Gasteiger charge is -2.05. The summed E-state index contributed by atoms with van der Waals surface area (Å²) in [7, 11) is 0. The Morgan fingerprint density at radius 2 is 2.67 bits per heavy atom. The summed E-state index contributed by atoms with van der Waals surface area (Å²) in [6.07, 6.45) is 0. The predicted molar refractivity (Wildman–Crippen MR) is 41.2 cm³/mol. The highest BCUT2D eigenvalue weighted by molar-refractivity contribution is 9.09. The third-order valence-corrected chi connectivity index (χ3v) is 2.23. The number of hydrogen-bond acceptors (Lipinski definition) is 2. The summed E-state index contributed by atoms with van der Waals surface area (Å²) < 4.78 is 5.23. The zero-order valence-corrected chi connectivity index (χ0v) is 7.02. The van der Waals surface area contributed by atoms with Crippen molar-refractivity contribution in [1.29, 1.82) is 0 Å². The van der Waals surface area contributed by atoms with Crippen molar-refractivity contribution >= 4 is 21.8 Å². The molecule has 0 aliphatic carbocycles. The van der Waals surface area contributed by atoms with Gasteiger partial charge in [-0.3, -0.25) is 4.99 Å². The van der Waals surface area contributed by atoms with Gasteiger partial charge in [0, 0.05) is 11.2 Å². The smallest absolute Gasteiger partial charge is 0.187 e. The van der Waals surface area contributed by atoms with Crippen LogP contribution in [0.2, 0.25) is 0 Å². The molecule has 0 aromatic carbocycles. The molecule has 3 heteroatoms. The van der Waals surface area contributed by atoms with Crippen molar-refractivity contribution in [3.8, 4) is 0 Å². The van der Waals surface area contributed by atoms with E-state index in [9.17, 15) is 0 Å². The minimum atomic E-state index is 0.437. The lowest BCUT2D eigenvalue weighted by Crippen LogP contribution is -2.11. The second-order valence-electron chi connectivity index (χ2n) is 2.12. The quantitative estimate of drug-likeness (QED) is 0.606. The van der Waals surface area contributed by atoms with Crippen molar-refractivity contribution in [3.63, 3.8) is 0 Å². The normalized spacial score (nSPS) is 20.9. The van der Waals surface area contributed by atoms with Gasteiger partial charge in [0.1, 0.15) is 6.61 Å². The highest BCUT2D eigenvalue weighted by Gasteiger charge is 2.13. The number of hydrogen-bond donors (Lipinski definition) is 0. The average molecular weight is 192 g/mol. The summed E-state index contributed by atoms with van der Waals surface area (Å²) in [5, 5.41) is 0.936. The lowest BCUT2D eigenvalue weighted by atomic mass is 10.2. The van der Waals surface area contributed by atoms with E-state index in [1.165, 1.54) is 0 Å². The Labute approximate surface area is 63.4 Å². The van der Waals surface area contributed by atoms with Gasteiger partial charge >= 0.3 is 0 Å². The van der Waals surface area contributed by atoms with E-state index < -0.39 is 0 Å². The summed E-state index contributed by atoms with van der Waals surface area (Å²) in [5.74, 6) is 1.35. The van der Waals surface area contributed by atoms with Crippen LogP contribution in [0.5, 0.6) is 0 Å². The molecule has 0 aromatic rings. The number of nitrogens with zero attached hydrogens (tertiary/aromatic N) is 1. The molecule has 0 amide bonds. The van der Waals surface area contributed by atoms with Crippen LogP contribution in [0.3, 0.4) is 0 Å². The first-order valence-corrected chi connectivity index (χ1v) is 4.20. The van der Waals surface area contributed by atoms with Gasteiger partial charge in [0.05, 0.1) is 6.54 Å². The molecule has 52 valence electrons. The Morgan fingerprint density at radius 1 is 1.89 bits per heavy atom. The molecule has 0 fully saturated rings. The van der Waals surface area contributed by atoms with Crippen molar-refractivity contribution in [2.45, 2.75) is 6.92 Å². The molecule has 1 unspecified atom stereocenters. The first-order chi connectivity index (χ1) is 4.34. The van der Waals surface area contributed by atoms with Crippen LogP contribution in [0.25, 0.3) is 0 Å². The molecule has 0 aromatic heterocycles. The molecule has 0 N–H and O–H groups in total. The van der Waals surface area contributed by atoms with Gasteiger partial charge in [0.2, 0.25) is 0 Å². The van der Waals surface area contributed by atoms with Crippen LogP contribution in [-0.2, 0) is 4.74 Å². The fourth-order valence-corrected chi connectivity index (χ4v) is 0.993. The summed E-state index contributed by atoms with van der Waals surface area (Å²) >= 11 is 3.36. The number of aliphatic imine (C=N–C) groups is 1. The van der Waals surface area contributed by atoms with E-state index in [0.29, 0.717) is 5.92 Å². The monoisotopic (exact) mass is 191 g/mol. The van der Waals surface area contributed by atoms with Crippen LogP contribution in [0.15, 0.2) is 4.99 Å². The molecule has 1 atom stereocenters. The van der Waals surface area contributed by atoms with Crippen LogP contribution in [-0.4, -0.2) is 24.4 Å². The summed E-state index contributed by atoms with van der Waals surface area (Å²) in [6.45, 7) is 3.71. The summed E-state index contributed by atoms with van der Waals surface area (Å²) in [4.78, 5) is 4.17. The first-order valence-electron chi connectivity index (χ1n) is 3.07. The van der Waals surface area contributed by atoms with E-state index in [-0.39, 0.29) is 0 Å². The van der Waals surface area contributed by atoms with Crippen LogP contribution in [0.1, 0.15) is 6.92 Å². The minimum Gasteiger partial charge on any atom is -0.479 e. The Hall–Kier alpha value is -0.0500.